The summed E-state index contributed by atoms with van der Waals surface area (Å²) in [4.78, 5) is 2.59. The summed E-state index contributed by atoms with van der Waals surface area (Å²) >= 11 is 12.0. The number of aromatic nitrogens is 1. The summed E-state index contributed by atoms with van der Waals surface area (Å²) in [6.07, 6.45) is -5.67. The lowest BCUT2D eigenvalue weighted by Crippen LogP contribution is -2.41. The van der Waals surface area contributed by atoms with Gasteiger partial charge in [-0.05, 0) is 6.07 Å². The fourth-order valence-corrected chi connectivity index (χ4v) is 3.35. The molecule has 0 fully saturated rings. The Labute approximate surface area is 116 Å². The number of H-pyrrole nitrogens is 1. The van der Waals surface area contributed by atoms with Crippen LogP contribution < -0.4 is 0 Å². The molecule has 1 aliphatic carbocycles. The highest BCUT2D eigenvalue weighted by atomic mass is 35.5. The third-order valence-electron chi connectivity index (χ3n) is 3.43. The Balaban J connectivity index is 2.37. The van der Waals surface area contributed by atoms with Gasteiger partial charge in [-0.25, -0.2) is 0 Å². The lowest BCUT2D eigenvalue weighted by atomic mass is 10.0. The van der Waals surface area contributed by atoms with E-state index in [2.05, 4.69) is 4.98 Å². The highest BCUT2D eigenvalue weighted by molar-refractivity contribution is 6.49. The van der Waals surface area contributed by atoms with Gasteiger partial charge in [-0.1, -0.05) is 41.4 Å². The molecule has 0 spiro atoms. The minimum atomic E-state index is -4.85. The van der Waals surface area contributed by atoms with Gasteiger partial charge in [0.15, 0.2) is 0 Å². The molecule has 1 unspecified atom stereocenters. The highest BCUT2D eigenvalue weighted by Gasteiger charge is 2.65. The van der Waals surface area contributed by atoms with Gasteiger partial charge in [0.2, 0.25) is 5.60 Å². The molecule has 1 aromatic carbocycles. The first-order valence-electron chi connectivity index (χ1n) is 5.45. The molecule has 2 aromatic rings. The standard InChI is InChI=1S/C12H8Cl2F3NO/c13-11(14)5-10(19,12(15,16)17)9-8(11)6-3-1-2-4-7(6)18-9/h1-4,18-19H,5H2. The zero-order valence-electron chi connectivity index (χ0n) is 9.35. The maximum atomic E-state index is 13.1. The first-order chi connectivity index (χ1) is 8.67. The Kier molecular flexibility index (Phi) is 2.48. The van der Waals surface area contributed by atoms with Crippen LogP contribution in [-0.4, -0.2) is 16.3 Å². The van der Waals surface area contributed by atoms with E-state index < -0.39 is 22.5 Å². The Bertz CT molecular complexity index is 665. The molecule has 7 heteroatoms. The van der Waals surface area contributed by atoms with Crippen LogP contribution in [0.1, 0.15) is 17.7 Å². The number of aliphatic hydroxyl groups is 1. The zero-order chi connectivity index (χ0) is 14.1. The van der Waals surface area contributed by atoms with Gasteiger partial charge in [0.1, 0.15) is 4.33 Å². The SMILES string of the molecule is OC1(C(F)(F)F)CC(Cl)(Cl)c2c1[nH]c1ccccc21. The average Bonchev–Trinajstić information content (AvgIpc) is 2.74. The quantitative estimate of drug-likeness (QED) is 0.710. The number of hydrogen-bond acceptors (Lipinski definition) is 1. The minimum absolute atomic E-state index is 0.103. The number of hydrogen-bond donors (Lipinski definition) is 2. The molecule has 0 saturated carbocycles. The fraction of sp³-hybridized carbons (Fsp3) is 0.333. The van der Waals surface area contributed by atoms with Crippen molar-refractivity contribution in [3.8, 4) is 0 Å². The van der Waals surface area contributed by atoms with Crippen LogP contribution in [0, 0.1) is 0 Å². The molecule has 1 aromatic heterocycles. The molecule has 0 radical (unpaired) electrons. The van der Waals surface area contributed by atoms with Crippen molar-refractivity contribution in [3.05, 3.63) is 35.5 Å². The number of halogens is 5. The molecule has 102 valence electrons. The lowest BCUT2D eigenvalue weighted by Gasteiger charge is -2.27. The number of para-hydroxylation sites is 1. The lowest BCUT2D eigenvalue weighted by molar-refractivity contribution is -0.267. The molecule has 1 atom stereocenters. The van der Waals surface area contributed by atoms with Crippen LogP contribution in [0.5, 0.6) is 0 Å². The minimum Gasteiger partial charge on any atom is -0.375 e. The van der Waals surface area contributed by atoms with Crippen LogP contribution in [0.4, 0.5) is 13.2 Å². The number of rotatable bonds is 0. The van der Waals surface area contributed by atoms with E-state index in [0.29, 0.717) is 10.9 Å². The van der Waals surface area contributed by atoms with E-state index in [4.69, 9.17) is 23.2 Å². The molecule has 0 bridgehead atoms. The molecular weight excluding hydrogens is 302 g/mol. The van der Waals surface area contributed by atoms with Crippen LogP contribution >= 0.6 is 23.2 Å². The van der Waals surface area contributed by atoms with E-state index in [0.717, 1.165) is 0 Å². The summed E-state index contributed by atoms with van der Waals surface area (Å²) in [7, 11) is 0. The van der Waals surface area contributed by atoms with Crippen molar-refractivity contribution in [1.29, 1.82) is 0 Å². The summed E-state index contributed by atoms with van der Waals surface area (Å²) in [6, 6.07) is 6.57. The van der Waals surface area contributed by atoms with Gasteiger partial charge in [-0.3, -0.25) is 0 Å². The van der Waals surface area contributed by atoms with Crippen LogP contribution in [0.2, 0.25) is 0 Å². The van der Waals surface area contributed by atoms with E-state index >= 15 is 0 Å². The van der Waals surface area contributed by atoms with E-state index in [-0.39, 0.29) is 11.3 Å². The molecule has 1 aliphatic rings. The van der Waals surface area contributed by atoms with Crippen LogP contribution in [0.15, 0.2) is 24.3 Å². The smallest absolute Gasteiger partial charge is 0.375 e. The van der Waals surface area contributed by atoms with E-state index in [1.54, 1.807) is 24.3 Å². The van der Waals surface area contributed by atoms with Crippen molar-refractivity contribution in [3.63, 3.8) is 0 Å². The number of benzene rings is 1. The topological polar surface area (TPSA) is 36.0 Å². The van der Waals surface area contributed by atoms with E-state index in [9.17, 15) is 18.3 Å². The highest BCUT2D eigenvalue weighted by Crippen LogP contribution is 2.60. The van der Waals surface area contributed by atoms with E-state index in [1.807, 2.05) is 0 Å². The molecule has 2 N–H and O–H groups in total. The first kappa shape index (κ1) is 13.1. The van der Waals surface area contributed by atoms with E-state index in [1.165, 1.54) is 0 Å². The zero-order valence-corrected chi connectivity index (χ0v) is 10.9. The van der Waals surface area contributed by atoms with Crippen LogP contribution in [0.25, 0.3) is 10.9 Å². The number of nitrogens with one attached hydrogen (secondary N) is 1. The molecule has 0 aliphatic heterocycles. The summed E-state index contributed by atoms with van der Waals surface area (Å²) < 4.78 is 37.5. The predicted octanol–water partition coefficient (Wildman–Crippen LogP) is 3.95. The van der Waals surface area contributed by atoms with Crippen LogP contribution in [-0.2, 0) is 9.93 Å². The fourth-order valence-electron chi connectivity index (χ4n) is 2.57. The second kappa shape index (κ2) is 3.59. The number of alkyl halides is 5. The third-order valence-corrected chi connectivity index (χ3v) is 4.08. The first-order valence-corrected chi connectivity index (χ1v) is 6.21. The Morgan fingerprint density at radius 1 is 1.21 bits per heavy atom. The molecule has 2 nitrogen and oxygen atoms in total. The second-order valence-corrected chi connectivity index (χ2v) is 6.14. The predicted molar refractivity (Wildman–Crippen MR) is 66.3 cm³/mol. The van der Waals surface area contributed by atoms with Gasteiger partial charge >= 0.3 is 6.18 Å². The molecular formula is C12H8Cl2F3NO. The number of fused-ring (bicyclic) bond motifs is 3. The Morgan fingerprint density at radius 2 is 1.84 bits per heavy atom. The van der Waals surface area contributed by atoms with Crippen LogP contribution in [0.3, 0.4) is 0 Å². The maximum absolute atomic E-state index is 13.1. The molecule has 3 rings (SSSR count). The summed E-state index contributed by atoms with van der Waals surface area (Å²) in [5.41, 5.74) is -2.86. The molecule has 0 saturated heterocycles. The molecule has 1 heterocycles. The number of aromatic amines is 1. The van der Waals surface area contributed by atoms with Crippen molar-refractivity contribution in [1.82, 2.24) is 4.98 Å². The van der Waals surface area contributed by atoms with Gasteiger partial charge in [-0.15, -0.1) is 0 Å². The van der Waals surface area contributed by atoms with Gasteiger partial charge in [0.05, 0.1) is 5.69 Å². The average molecular weight is 310 g/mol. The molecule has 0 amide bonds. The molecule has 19 heavy (non-hydrogen) atoms. The van der Waals surface area contributed by atoms with Crippen molar-refractivity contribution in [2.75, 3.05) is 0 Å². The maximum Gasteiger partial charge on any atom is 0.423 e. The van der Waals surface area contributed by atoms with Gasteiger partial charge in [0.25, 0.3) is 0 Å². The summed E-state index contributed by atoms with van der Waals surface area (Å²) in [5.74, 6) is 0. The normalized spacial score (nSPS) is 25.8. The largest absolute Gasteiger partial charge is 0.423 e. The monoisotopic (exact) mass is 309 g/mol. The Hall–Kier alpha value is -0.910. The Morgan fingerprint density at radius 3 is 2.47 bits per heavy atom. The van der Waals surface area contributed by atoms with Crippen molar-refractivity contribution in [2.45, 2.75) is 22.5 Å². The van der Waals surface area contributed by atoms with Crippen molar-refractivity contribution < 1.29 is 18.3 Å². The summed E-state index contributed by atoms with van der Waals surface area (Å²) in [6.45, 7) is 0. The van der Waals surface area contributed by atoms with Crippen molar-refractivity contribution >= 4 is 34.1 Å². The summed E-state index contributed by atoms with van der Waals surface area (Å²) in [5, 5.41) is 10.5. The third kappa shape index (κ3) is 1.61. The van der Waals surface area contributed by atoms with Gasteiger partial charge in [-0.2, -0.15) is 13.2 Å². The van der Waals surface area contributed by atoms with Gasteiger partial charge < -0.3 is 10.1 Å². The van der Waals surface area contributed by atoms with Crippen molar-refractivity contribution in [2.24, 2.45) is 0 Å². The van der Waals surface area contributed by atoms with Gasteiger partial charge in [0, 0.05) is 22.9 Å². The second-order valence-electron chi connectivity index (χ2n) is 4.66.